The fourth-order valence-corrected chi connectivity index (χ4v) is 5.57. The van der Waals surface area contributed by atoms with Gasteiger partial charge in [0.2, 0.25) is 0 Å². The number of halogens is 1. The molecule has 0 radical (unpaired) electrons. The molecule has 0 saturated carbocycles. The van der Waals surface area contributed by atoms with E-state index in [0.717, 1.165) is 62.7 Å². The van der Waals surface area contributed by atoms with E-state index in [1.165, 1.54) is 31.0 Å². The fraction of sp³-hybridized carbons (Fsp3) is 0.542. The van der Waals surface area contributed by atoms with Gasteiger partial charge in [-0.15, -0.1) is 0 Å². The zero-order chi connectivity index (χ0) is 20.5. The van der Waals surface area contributed by atoms with Crippen LogP contribution in [-0.4, -0.2) is 50.4 Å². The molecule has 1 aromatic carbocycles. The van der Waals surface area contributed by atoms with Gasteiger partial charge in [-0.3, -0.25) is 0 Å². The summed E-state index contributed by atoms with van der Waals surface area (Å²) in [6, 6.07) is 10.0. The van der Waals surface area contributed by atoms with E-state index < -0.39 is 0 Å². The Morgan fingerprint density at radius 2 is 1.73 bits per heavy atom. The highest BCUT2D eigenvalue weighted by molar-refractivity contribution is 5.62. The molecule has 5 nitrogen and oxygen atoms in total. The van der Waals surface area contributed by atoms with Crippen molar-refractivity contribution < 1.29 is 9.13 Å². The minimum Gasteiger partial charge on any atom is -0.495 e. The minimum atomic E-state index is -0.210. The van der Waals surface area contributed by atoms with Crippen LogP contribution in [0.25, 0.3) is 0 Å². The maximum atomic E-state index is 14.0. The average Bonchev–Trinajstić information content (AvgIpc) is 3.24. The van der Waals surface area contributed by atoms with E-state index in [1.54, 1.807) is 19.2 Å². The van der Waals surface area contributed by atoms with Gasteiger partial charge >= 0.3 is 0 Å². The van der Waals surface area contributed by atoms with Gasteiger partial charge in [0.15, 0.2) is 0 Å². The van der Waals surface area contributed by atoms with Gasteiger partial charge in [0.05, 0.1) is 24.9 Å². The van der Waals surface area contributed by atoms with Crippen LogP contribution in [-0.2, 0) is 0 Å². The normalized spacial score (nSPS) is 24.1. The zero-order valence-corrected chi connectivity index (χ0v) is 17.8. The second-order valence-corrected chi connectivity index (χ2v) is 8.69. The molecule has 5 rings (SSSR count). The Kier molecular flexibility index (Phi) is 5.40. The summed E-state index contributed by atoms with van der Waals surface area (Å²) in [6.45, 7) is 4.21. The number of piperidine rings is 2. The lowest BCUT2D eigenvalue weighted by molar-refractivity contribution is 0.397. The number of nitrogens with zero attached hydrogens (tertiary/aromatic N) is 4. The van der Waals surface area contributed by atoms with Crippen molar-refractivity contribution in [3.8, 4) is 5.75 Å². The fourth-order valence-electron chi connectivity index (χ4n) is 5.57. The molecule has 0 spiro atoms. The van der Waals surface area contributed by atoms with Crippen LogP contribution in [0, 0.1) is 5.82 Å². The van der Waals surface area contributed by atoms with Crippen molar-refractivity contribution in [2.45, 2.75) is 50.6 Å². The summed E-state index contributed by atoms with van der Waals surface area (Å²) in [4.78, 5) is 12.1. The van der Waals surface area contributed by atoms with Crippen LogP contribution in [0.5, 0.6) is 5.75 Å². The first-order valence-electron chi connectivity index (χ1n) is 11.3. The van der Waals surface area contributed by atoms with Gasteiger partial charge in [0.25, 0.3) is 0 Å². The summed E-state index contributed by atoms with van der Waals surface area (Å²) >= 11 is 0. The Balaban J connectivity index is 1.40. The number of pyridine rings is 1. The van der Waals surface area contributed by atoms with Crippen molar-refractivity contribution in [3.63, 3.8) is 0 Å². The Hall–Kier alpha value is -2.50. The van der Waals surface area contributed by atoms with Crippen LogP contribution >= 0.6 is 0 Å². The molecule has 3 fully saturated rings. The quantitative estimate of drug-likeness (QED) is 0.743. The average molecular weight is 411 g/mol. The van der Waals surface area contributed by atoms with Crippen molar-refractivity contribution in [1.29, 1.82) is 0 Å². The smallest absolute Gasteiger partial charge is 0.142 e. The number of hydrogen-bond donors (Lipinski definition) is 0. The topological polar surface area (TPSA) is 31.8 Å². The van der Waals surface area contributed by atoms with Gasteiger partial charge in [-0.1, -0.05) is 0 Å². The number of hydrogen-bond acceptors (Lipinski definition) is 5. The van der Waals surface area contributed by atoms with E-state index in [9.17, 15) is 4.39 Å². The maximum absolute atomic E-state index is 14.0. The lowest BCUT2D eigenvalue weighted by Gasteiger charge is -2.42. The molecule has 2 atom stereocenters. The van der Waals surface area contributed by atoms with Gasteiger partial charge in [0.1, 0.15) is 17.4 Å². The maximum Gasteiger partial charge on any atom is 0.142 e. The summed E-state index contributed by atoms with van der Waals surface area (Å²) in [5.41, 5.74) is 2.17. The number of anilines is 3. The highest BCUT2D eigenvalue weighted by Crippen LogP contribution is 2.40. The molecule has 0 unspecified atom stereocenters. The molecule has 6 heteroatoms. The van der Waals surface area contributed by atoms with E-state index in [0.29, 0.717) is 12.1 Å². The van der Waals surface area contributed by atoms with Crippen LogP contribution in [0.2, 0.25) is 0 Å². The molecule has 3 aliphatic heterocycles. The van der Waals surface area contributed by atoms with Gasteiger partial charge in [-0.05, 0) is 56.7 Å². The Bertz CT molecular complexity index is 885. The second-order valence-electron chi connectivity index (χ2n) is 8.69. The van der Waals surface area contributed by atoms with Gasteiger partial charge in [-0.2, -0.15) is 0 Å². The molecule has 4 heterocycles. The minimum absolute atomic E-state index is 0.210. The third-order valence-corrected chi connectivity index (χ3v) is 7.00. The lowest BCUT2D eigenvalue weighted by atomic mass is 9.95. The largest absolute Gasteiger partial charge is 0.495 e. The SMILES string of the molecule is COc1ccc(F)cc1N1CCC[C@@H]2[C@H]1CCN2c1cc(N2CCCCC2)ccn1. The molecule has 0 amide bonds. The number of fused-ring (bicyclic) bond motifs is 1. The van der Waals surface area contributed by atoms with Crippen LogP contribution in [0.4, 0.5) is 21.6 Å². The Labute approximate surface area is 178 Å². The molecule has 0 bridgehead atoms. The number of benzene rings is 1. The summed E-state index contributed by atoms with van der Waals surface area (Å²) < 4.78 is 19.6. The molecule has 160 valence electrons. The third kappa shape index (κ3) is 3.57. The number of aromatic nitrogens is 1. The summed E-state index contributed by atoms with van der Waals surface area (Å²) in [5.74, 6) is 1.62. The van der Waals surface area contributed by atoms with Gasteiger partial charge in [0, 0.05) is 50.2 Å². The zero-order valence-electron chi connectivity index (χ0n) is 17.8. The van der Waals surface area contributed by atoms with E-state index in [4.69, 9.17) is 9.72 Å². The molecular formula is C24H31FN4O. The standard InChI is InChI=1S/C24H31FN4O/c1-30-23-8-7-18(25)16-22(23)28-14-5-6-20-21(28)10-15-29(20)24-17-19(9-11-26-24)27-12-3-2-4-13-27/h7-9,11,16-17,20-21H,2-6,10,12-15H2,1H3/t20-,21-/m1/s1. The first-order valence-corrected chi connectivity index (χ1v) is 11.3. The Morgan fingerprint density at radius 3 is 2.57 bits per heavy atom. The van der Waals surface area contributed by atoms with Crippen molar-refractivity contribution >= 4 is 17.2 Å². The van der Waals surface area contributed by atoms with Crippen LogP contribution in [0.15, 0.2) is 36.5 Å². The molecule has 0 N–H and O–H groups in total. The lowest BCUT2D eigenvalue weighted by Crippen LogP contribution is -2.50. The van der Waals surface area contributed by atoms with Gasteiger partial charge < -0.3 is 19.4 Å². The van der Waals surface area contributed by atoms with Gasteiger partial charge in [-0.25, -0.2) is 9.37 Å². The number of ether oxygens (including phenoxy) is 1. The first kappa shape index (κ1) is 19.5. The Morgan fingerprint density at radius 1 is 0.900 bits per heavy atom. The van der Waals surface area contributed by atoms with E-state index in [-0.39, 0.29) is 5.82 Å². The first-order chi connectivity index (χ1) is 14.7. The molecule has 2 aromatic rings. The van der Waals surface area contributed by atoms with Crippen molar-refractivity contribution in [2.24, 2.45) is 0 Å². The van der Waals surface area contributed by atoms with E-state index >= 15 is 0 Å². The molecular weight excluding hydrogens is 379 g/mol. The highest BCUT2D eigenvalue weighted by atomic mass is 19.1. The van der Waals surface area contributed by atoms with Crippen LogP contribution < -0.4 is 19.4 Å². The summed E-state index contributed by atoms with van der Waals surface area (Å²) in [6.07, 6.45) is 9.14. The predicted octanol–water partition coefficient (Wildman–Crippen LogP) is 4.47. The monoisotopic (exact) mass is 410 g/mol. The van der Waals surface area contributed by atoms with E-state index in [1.807, 2.05) is 6.20 Å². The second kappa shape index (κ2) is 8.32. The number of rotatable bonds is 4. The molecule has 0 aliphatic carbocycles. The number of methoxy groups -OCH3 is 1. The molecule has 1 aromatic heterocycles. The van der Waals surface area contributed by atoms with Crippen LogP contribution in [0.1, 0.15) is 38.5 Å². The molecule has 3 saturated heterocycles. The van der Waals surface area contributed by atoms with Crippen molar-refractivity contribution in [1.82, 2.24) is 4.98 Å². The predicted molar refractivity (Wildman–Crippen MR) is 119 cm³/mol. The molecule has 3 aliphatic rings. The highest BCUT2D eigenvalue weighted by Gasteiger charge is 2.41. The molecule has 30 heavy (non-hydrogen) atoms. The van der Waals surface area contributed by atoms with Crippen LogP contribution in [0.3, 0.4) is 0 Å². The van der Waals surface area contributed by atoms with Crippen molar-refractivity contribution in [3.05, 3.63) is 42.3 Å². The summed E-state index contributed by atoms with van der Waals surface area (Å²) in [7, 11) is 1.66. The van der Waals surface area contributed by atoms with E-state index in [2.05, 4.69) is 26.8 Å². The third-order valence-electron chi connectivity index (χ3n) is 7.00. The van der Waals surface area contributed by atoms with Crippen molar-refractivity contribution in [2.75, 3.05) is 48.0 Å². The summed E-state index contributed by atoms with van der Waals surface area (Å²) in [5, 5.41) is 0.